The minimum Gasteiger partial charge on any atom is -0.459 e. The van der Waals surface area contributed by atoms with Crippen molar-refractivity contribution in [3.63, 3.8) is 0 Å². The Morgan fingerprint density at radius 1 is 1.44 bits per heavy atom. The number of carbonyl (C=O) groups is 1. The van der Waals surface area contributed by atoms with Gasteiger partial charge in [-0.2, -0.15) is 0 Å². The number of carbonyl (C=O) groups excluding carboxylic acids is 1. The number of hydrogen-bond donors (Lipinski definition) is 1. The maximum atomic E-state index is 12.5. The molecule has 0 aliphatic rings. The molecule has 16 heavy (non-hydrogen) atoms. The van der Waals surface area contributed by atoms with Crippen LogP contribution in [0.15, 0.2) is 30.3 Å². The van der Waals surface area contributed by atoms with Gasteiger partial charge in [0, 0.05) is 0 Å². The Morgan fingerprint density at radius 2 is 2.06 bits per heavy atom. The lowest BCUT2D eigenvalue weighted by molar-refractivity contribution is -0.0477. The highest BCUT2D eigenvalue weighted by atomic mass is 19.1. The van der Waals surface area contributed by atoms with Gasteiger partial charge in [-0.25, -0.2) is 9.18 Å². The molecule has 88 valence electrons. The third kappa shape index (κ3) is 3.31. The SMILES string of the molecule is CC[C@@](O)(CF)COC(=O)c1ccccc1. The Hall–Kier alpha value is -1.42. The molecule has 1 N–H and O–H groups in total. The summed E-state index contributed by atoms with van der Waals surface area (Å²) in [6, 6.07) is 8.39. The first kappa shape index (κ1) is 12.6. The summed E-state index contributed by atoms with van der Waals surface area (Å²) < 4.78 is 17.3. The molecule has 3 nitrogen and oxygen atoms in total. The molecule has 0 radical (unpaired) electrons. The van der Waals surface area contributed by atoms with Crippen LogP contribution in [0.1, 0.15) is 23.7 Å². The summed E-state index contributed by atoms with van der Waals surface area (Å²) in [6.07, 6.45) is 0.200. The van der Waals surface area contributed by atoms with E-state index < -0.39 is 18.2 Å². The Kier molecular flexibility index (Phi) is 4.43. The second-order valence-corrected chi connectivity index (χ2v) is 3.65. The van der Waals surface area contributed by atoms with Crippen LogP contribution >= 0.6 is 0 Å². The smallest absolute Gasteiger partial charge is 0.338 e. The predicted molar refractivity (Wildman–Crippen MR) is 57.9 cm³/mol. The van der Waals surface area contributed by atoms with Crippen molar-refractivity contribution in [3.05, 3.63) is 35.9 Å². The van der Waals surface area contributed by atoms with Crippen LogP contribution in [0.5, 0.6) is 0 Å². The third-order valence-corrected chi connectivity index (χ3v) is 2.39. The molecule has 0 saturated heterocycles. The van der Waals surface area contributed by atoms with E-state index in [1.165, 1.54) is 0 Å². The summed E-state index contributed by atoms with van der Waals surface area (Å²) in [5, 5.41) is 9.57. The van der Waals surface area contributed by atoms with Crippen LogP contribution in [0.25, 0.3) is 0 Å². The molecule has 0 amide bonds. The Balaban J connectivity index is 2.54. The lowest BCUT2D eigenvalue weighted by Crippen LogP contribution is -2.37. The molecule has 0 aliphatic heterocycles. The Bertz CT molecular complexity index is 333. The second kappa shape index (κ2) is 5.61. The van der Waals surface area contributed by atoms with Crippen LogP contribution in [0.4, 0.5) is 4.39 Å². The quantitative estimate of drug-likeness (QED) is 0.780. The predicted octanol–water partition coefficient (Wildman–Crippen LogP) is 1.95. The van der Waals surface area contributed by atoms with E-state index in [0.29, 0.717) is 5.56 Å². The van der Waals surface area contributed by atoms with Crippen LogP contribution < -0.4 is 0 Å². The van der Waals surface area contributed by atoms with Crippen LogP contribution in [0, 0.1) is 0 Å². The highest BCUT2D eigenvalue weighted by Gasteiger charge is 2.26. The monoisotopic (exact) mass is 226 g/mol. The van der Waals surface area contributed by atoms with Crippen LogP contribution in [0.3, 0.4) is 0 Å². The zero-order valence-corrected chi connectivity index (χ0v) is 9.15. The van der Waals surface area contributed by atoms with Crippen LogP contribution in [0.2, 0.25) is 0 Å². The molecule has 0 saturated carbocycles. The normalized spacial score (nSPS) is 14.2. The lowest BCUT2D eigenvalue weighted by Gasteiger charge is -2.22. The van der Waals surface area contributed by atoms with Gasteiger partial charge in [0.05, 0.1) is 5.56 Å². The largest absolute Gasteiger partial charge is 0.459 e. The first-order valence-electron chi connectivity index (χ1n) is 5.12. The maximum absolute atomic E-state index is 12.5. The van der Waals surface area contributed by atoms with E-state index >= 15 is 0 Å². The van der Waals surface area contributed by atoms with Gasteiger partial charge in [0.1, 0.15) is 18.9 Å². The number of rotatable bonds is 5. The van der Waals surface area contributed by atoms with Gasteiger partial charge in [-0.3, -0.25) is 0 Å². The fourth-order valence-electron chi connectivity index (χ4n) is 1.09. The molecule has 0 heterocycles. The van der Waals surface area contributed by atoms with Gasteiger partial charge in [-0.1, -0.05) is 25.1 Å². The maximum Gasteiger partial charge on any atom is 0.338 e. The molecule has 4 heteroatoms. The van der Waals surface area contributed by atoms with Crippen molar-refractivity contribution in [2.24, 2.45) is 0 Å². The summed E-state index contributed by atoms with van der Waals surface area (Å²) in [7, 11) is 0. The van der Waals surface area contributed by atoms with Crippen LogP contribution in [-0.2, 0) is 4.74 Å². The summed E-state index contributed by atoms with van der Waals surface area (Å²) in [4.78, 5) is 11.5. The second-order valence-electron chi connectivity index (χ2n) is 3.65. The average Bonchev–Trinajstić information content (AvgIpc) is 2.36. The van der Waals surface area contributed by atoms with Crippen molar-refractivity contribution >= 4 is 5.97 Å². The number of alkyl halides is 1. The van der Waals surface area contributed by atoms with Gasteiger partial charge >= 0.3 is 5.97 Å². The number of benzene rings is 1. The molecule has 0 fully saturated rings. The van der Waals surface area contributed by atoms with E-state index in [0.717, 1.165) is 0 Å². The highest BCUT2D eigenvalue weighted by molar-refractivity contribution is 5.89. The molecule has 0 unspecified atom stereocenters. The Labute approximate surface area is 93.9 Å². The number of hydrogen-bond acceptors (Lipinski definition) is 3. The first-order valence-corrected chi connectivity index (χ1v) is 5.12. The summed E-state index contributed by atoms with van der Waals surface area (Å²) >= 11 is 0. The average molecular weight is 226 g/mol. The molecule has 0 aliphatic carbocycles. The van der Waals surface area contributed by atoms with Crippen molar-refractivity contribution in [2.75, 3.05) is 13.3 Å². The summed E-state index contributed by atoms with van der Waals surface area (Å²) in [6.45, 7) is 0.384. The minimum atomic E-state index is -1.57. The fraction of sp³-hybridized carbons (Fsp3) is 0.417. The van der Waals surface area contributed by atoms with E-state index in [4.69, 9.17) is 4.74 Å². The van der Waals surface area contributed by atoms with Crippen molar-refractivity contribution in [3.8, 4) is 0 Å². The summed E-state index contributed by atoms with van der Waals surface area (Å²) in [5.74, 6) is -0.555. The molecular formula is C12H15FO3. The zero-order valence-electron chi connectivity index (χ0n) is 9.15. The van der Waals surface area contributed by atoms with E-state index in [-0.39, 0.29) is 13.0 Å². The van der Waals surface area contributed by atoms with Crippen molar-refractivity contribution in [1.82, 2.24) is 0 Å². The number of aliphatic hydroxyl groups is 1. The molecular weight excluding hydrogens is 211 g/mol. The van der Waals surface area contributed by atoms with Crippen LogP contribution in [-0.4, -0.2) is 30.0 Å². The van der Waals surface area contributed by atoms with Crippen molar-refractivity contribution in [2.45, 2.75) is 18.9 Å². The molecule has 0 bridgehead atoms. The molecule has 1 atom stereocenters. The molecule has 0 aromatic heterocycles. The topological polar surface area (TPSA) is 46.5 Å². The summed E-state index contributed by atoms with van der Waals surface area (Å²) in [5.41, 5.74) is -1.18. The number of halogens is 1. The van der Waals surface area contributed by atoms with E-state index in [9.17, 15) is 14.3 Å². The zero-order chi connectivity index (χ0) is 12.0. The van der Waals surface area contributed by atoms with Crippen molar-refractivity contribution < 1.29 is 19.0 Å². The van der Waals surface area contributed by atoms with E-state index in [1.54, 1.807) is 37.3 Å². The van der Waals surface area contributed by atoms with Crippen molar-refractivity contribution in [1.29, 1.82) is 0 Å². The fourth-order valence-corrected chi connectivity index (χ4v) is 1.09. The molecule has 1 rings (SSSR count). The lowest BCUT2D eigenvalue weighted by atomic mass is 10.0. The molecule has 1 aromatic rings. The van der Waals surface area contributed by atoms with E-state index in [2.05, 4.69) is 0 Å². The van der Waals surface area contributed by atoms with Gasteiger partial charge in [0.2, 0.25) is 0 Å². The van der Waals surface area contributed by atoms with Gasteiger partial charge in [-0.05, 0) is 18.6 Å². The number of ether oxygens (including phenoxy) is 1. The number of esters is 1. The van der Waals surface area contributed by atoms with Gasteiger partial charge in [-0.15, -0.1) is 0 Å². The standard InChI is InChI=1S/C12H15FO3/c1-2-12(15,8-13)9-16-11(14)10-6-4-3-5-7-10/h3-7,15H,2,8-9H2,1H3/t12-/m1/s1. The first-order chi connectivity index (χ1) is 7.61. The minimum absolute atomic E-state index is 0.200. The highest BCUT2D eigenvalue weighted by Crippen LogP contribution is 2.12. The van der Waals surface area contributed by atoms with Gasteiger partial charge < -0.3 is 9.84 Å². The molecule has 0 spiro atoms. The van der Waals surface area contributed by atoms with E-state index in [1.807, 2.05) is 0 Å². The van der Waals surface area contributed by atoms with Gasteiger partial charge in [0.25, 0.3) is 0 Å². The van der Waals surface area contributed by atoms with Gasteiger partial charge in [0.15, 0.2) is 0 Å². The third-order valence-electron chi connectivity index (χ3n) is 2.39. The molecule has 1 aromatic carbocycles. The Morgan fingerprint density at radius 3 is 2.56 bits per heavy atom.